The van der Waals surface area contributed by atoms with Gasteiger partial charge in [-0.3, -0.25) is 9.59 Å². The van der Waals surface area contributed by atoms with Gasteiger partial charge < -0.3 is 14.7 Å². The number of benzene rings is 1. The van der Waals surface area contributed by atoms with Crippen molar-refractivity contribution in [1.82, 2.24) is 9.80 Å². The molecule has 2 amide bonds. The topological polar surface area (TPSA) is 43.9 Å². The molecule has 2 aliphatic heterocycles. The van der Waals surface area contributed by atoms with Crippen molar-refractivity contribution in [2.75, 3.05) is 37.6 Å². The first kappa shape index (κ1) is 16.7. The quantitative estimate of drug-likeness (QED) is 0.737. The fourth-order valence-electron chi connectivity index (χ4n) is 3.48. The Labute approximate surface area is 142 Å². The van der Waals surface area contributed by atoms with Crippen LogP contribution in [0.25, 0.3) is 0 Å². The molecule has 0 saturated carbocycles. The zero-order valence-corrected chi connectivity index (χ0v) is 14.1. The highest BCUT2D eigenvalue weighted by Crippen LogP contribution is 2.19. The van der Waals surface area contributed by atoms with Crippen LogP contribution in [-0.2, 0) is 9.59 Å². The number of carbonyl (C=O) groups excluding carboxylic acids is 2. The minimum Gasteiger partial charge on any atom is -0.368 e. The van der Waals surface area contributed by atoms with Crippen molar-refractivity contribution in [3.63, 3.8) is 0 Å². The summed E-state index contributed by atoms with van der Waals surface area (Å²) in [4.78, 5) is 30.4. The summed E-state index contributed by atoms with van der Waals surface area (Å²) in [6.07, 6.45) is 3.06. The third-order valence-electron chi connectivity index (χ3n) is 5.01. The fourth-order valence-corrected chi connectivity index (χ4v) is 3.48. The summed E-state index contributed by atoms with van der Waals surface area (Å²) in [7, 11) is 0. The van der Waals surface area contributed by atoms with Crippen LogP contribution in [0.3, 0.4) is 0 Å². The summed E-state index contributed by atoms with van der Waals surface area (Å²) >= 11 is 0. The number of hydrogen-bond donors (Lipinski definition) is 0. The average Bonchev–Trinajstić information content (AvgIpc) is 2.62. The standard InChI is InChI=1S/C18H24FN3O2/c1-14-4-2-3-9-22(14)18(24)17(23)21-12-10-20(11-13-21)16-7-5-15(19)6-8-16/h5-8,14H,2-4,9-13H2,1H3. The Bertz CT molecular complexity index is 597. The molecule has 5 nitrogen and oxygen atoms in total. The Morgan fingerprint density at radius 1 is 0.958 bits per heavy atom. The molecule has 1 aromatic carbocycles. The van der Waals surface area contributed by atoms with E-state index in [0.29, 0.717) is 32.7 Å². The van der Waals surface area contributed by atoms with Gasteiger partial charge in [0.1, 0.15) is 5.82 Å². The Morgan fingerprint density at radius 3 is 2.25 bits per heavy atom. The molecule has 0 spiro atoms. The van der Waals surface area contributed by atoms with E-state index < -0.39 is 0 Å². The molecule has 130 valence electrons. The number of rotatable bonds is 1. The normalized spacial score (nSPS) is 21.8. The second kappa shape index (κ2) is 7.20. The molecule has 0 bridgehead atoms. The number of piperazine rings is 1. The number of amides is 2. The van der Waals surface area contributed by atoms with Crippen molar-refractivity contribution < 1.29 is 14.0 Å². The van der Waals surface area contributed by atoms with Gasteiger partial charge in [-0.25, -0.2) is 4.39 Å². The highest BCUT2D eigenvalue weighted by atomic mass is 19.1. The van der Waals surface area contributed by atoms with Crippen molar-refractivity contribution in [1.29, 1.82) is 0 Å². The second-order valence-corrected chi connectivity index (χ2v) is 6.60. The lowest BCUT2D eigenvalue weighted by Gasteiger charge is -2.38. The molecule has 2 aliphatic rings. The summed E-state index contributed by atoms with van der Waals surface area (Å²) < 4.78 is 13.0. The molecule has 0 aliphatic carbocycles. The number of anilines is 1. The fraction of sp³-hybridized carbons (Fsp3) is 0.556. The molecule has 1 unspecified atom stereocenters. The number of nitrogens with zero attached hydrogens (tertiary/aromatic N) is 3. The van der Waals surface area contributed by atoms with Crippen molar-refractivity contribution in [3.8, 4) is 0 Å². The van der Waals surface area contributed by atoms with Gasteiger partial charge >= 0.3 is 11.8 Å². The highest BCUT2D eigenvalue weighted by Gasteiger charge is 2.32. The van der Waals surface area contributed by atoms with Crippen LogP contribution in [0.15, 0.2) is 24.3 Å². The highest BCUT2D eigenvalue weighted by molar-refractivity contribution is 6.35. The molecular formula is C18H24FN3O2. The van der Waals surface area contributed by atoms with Crippen molar-refractivity contribution >= 4 is 17.5 Å². The van der Waals surface area contributed by atoms with Gasteiger partial charge in [-0.15, -0.1) is 0 Å². The Hall–Kier alpha value is -2.11. The maximum absolute atomic E-state index is 13.0. The predicted octanol–water partition coefficient (Wildman–Crippen LogP) is 1.88. The predicted molar refractivity (Wildman–Crippen MR) is 90.2 cm³/mol. The van der Waals surface area contributed by atoms with Gasteiger partial charge in [0.25, 0.3) is 0 Å². The molecule has 1 atom stereocenters. The monoisotopic (exact) mass is 333 g/mol. The van der Waals surface area contributed by atoms with E-state index in [4.69, 9.17) is 0 Å². The van der Waals surface area contributed by atoms with Gasteiger partial charge in [0.2, 0.25) is 0 Å². The number of hydrogen-bond acceptors (Lipinski definition) is 3. The van der Waals surface area contributed by atoms with E-state index in [-0.39, 0.29) is 23.7 Å². The molecule has 3 rings (SSSR count). The van der Waals surface area contributed by atoms with E-state index in [9.17, 15) is 14.0 Å². The molecule has 24 heavy (non-hydrogen) atoms. The van der Waals surface area contributed by atoms with E-state index in [1.54, 1.807) is 21.9 Å². The van der Waals surface area contributed by atoms with Crippen LogP contribution in [0, 0.1) is 5.82 Å². The van der Waals surface area contributed by atoms with Crippen LogP contribution >= 0.6 is 0 Å². The van der Waals surface area contributed by atoms with Crippen LogP contribution < -0.4 is 4.90 Å². The molecule has 0 aromatic heterocycles. The summed E-state index contributed by atoms with van der Waals surface area (Å²) in [6.45, 7) is 5.03. The van der Waals surface area contributed by atoms with E-state index in [0.717, 1.165) is 24.9 Å². The number of carbonyl (C=O) groups is 2. The van der Waals surface area contributed by atoms with Gasteiger partial charge in [0.05, 0.1) is 0 Å². The molecule has 2 heterocycles. The van der Waals surface area contributed by atoms with E-state index in [2.05, 4.69) is 4.90 Å². The third kappa shape index (κ3) is 3.52. The number of piperidine rings is 1. The smallest absolute Gasteiger partial charge is 0.312 e. The van der Waals surface area contributed by atoms with Gasteiger partial charge in [0.15, 0.2) is 0 Å². The van der Waals surface area contributed by atoms with E-state index in [1.165, 1.54) is 12.1 Å². The lowest BCUT2D eigenvalue weighted by atomic mass is 10.0. The molecule has 6 heteroatoms. The maximum Gasteiger partial charge on any atom is 0.312 e. The molecule has 0 N–H and O–H groups in total. The van der Waals surface area contributed by atoms with Crippen molar-refractivity contribution in [2.45, 2.75) is 32.2 Å². The minimum absolute atomic E-state index is 0.149. The zero-order chi connectivity index (χ0) is 17.1. The van der Waals surface area contributed by atoms with Crippen LogP contribution in [0.2, 0.25) is 0 Å². The molecule has 0 radical (unpaired) electrons. The van der Waals surface area contributed by atoms with Crippen LogP contribution in [0.4, 0.5) is 10.1 Å². The molecule has 2 fully saturated rings. The molecule has 2 saturated heterocycles. The second-order valence-electron chi connectivity index (χ2n) is 6.60. The van der Waals surface area contributed by atoms with Gasteiger partial charge in [0, 0.05) is 44.5 Å². The van der Waals surface area contributed by atoms with E-state index in [1.807, 2.05) is 6.92 Å². The Morgan fingerprint density at radius 2 is 1.62 bits per heavy atom. The number of likely N-dealkylation sites (tertiary alicyclic amines) is 1. The van der Waals surface area contributed by atoms with E-state index >= 15 is 0 Å². The summed E-state index contributed by atoms with van der Waals surface area (Å²) in [6, 6.07) is 6.51. The number of halogens is 1. The van der Waals surface area contributed by atoms with Crippen LogP contribution in [0.1, 0.15) is 26.2 Å². The molecule has 1 aromatic rings. The van der Waals surface area contributed by atoms with Gasteiger partial charge in [-0.1, -0.05) is 0 Å². The Kier molecular flexibility index (Phi) is 5.02. The Balaban J connectivity index is 1.56. The summed E-state index contributed by atoms with van der Waals surface area (Å²) in [5.74, 6) is -1.01. The largest absolute Gasteiger partial charge is 0.368 e. The SMILES string of the molecule is CC1CCCCN1C(=O)C(=O)N1CCN(c2ccc(F)cc2)CC1. The molecular weight excluding hydrogens is 309 g/mol. The lowest BCUT2D eigenvalue weighted by molar-refractivity contribution is -0.154. The first-order chi connectivity index (χ1) is 11.6. The average molecular weight is 333 g/mol. The zero-order valence-electron chi connectivity index (χ0n) is 14.1. The van der Waals surface area contributed by atoms with Gasteiger partial charge in [-0.2, -0.15) is 0 Å². The summed E-state index contributed by atoms with van der Waals surface area (Å²) in [5.41, 5.74) is 0.944. The summed E-state index contributed by atoms with van der Waals surface area (Å²) in [5, 5.41) is 0. The third-order valence-corrected chi connectivity index (χ3v) is 5.01. The first-order valence-electron chi connectivity index (χ1n) is 8.66. The maximum atomic E-state index is 13.0. The van der Waals surface area contributed by atoms with Crippen LogP contribution in [-0.4, -0.2) is 60.4 Å². The lowest BCUT2D eigenvalue weighted by Crippen LogP contribution is -2.55. The van der Waals surface area contributed by atoms with Crippen molar-refractivity contribution in [3.05, 3.63) is 30.1 Å². The van der Waals surface area contributed by atoms with Gasteiger partial charge in [-0.05, 0) is 50.5 Å². The minimum atomic E-state index is -0.387. The van der Waals surface area contributed by atoms with Crippen LogP contribution in [0.5, 0.6) is 0 Å². The van der Waals surface area contributed by atoms with Crippen molar-refractivity contribution in [2.24, 2.45) is 0 Å². The first-order valence-corrected chi connectivity index (χ1v) is 8.66.